The lowest BCUT2D eigenvalue weighted by molar-refractivity contribution is -0.187. The molecule has 106 valence electrons. The van der Waals surface area contributed by atoms with Crippen LogP contribution in [0.15, 0.2) is 0 Å². The Balaban J connectivity index is 2.52. The molecule has 1 heterocycles. The second-order valence-electron chi connectivity index (χ2n) is 4.53. The molecule has 0 aromatic carbocycles. The molecule has 1 aliphatic rings. The number of halogens is 3. The normalized spacial score (nSPS) is 20.7. The van der Waals surface area contributed by atoms with Gasteiger partial charge in [-0.05, 0) is 39.3 Å². The maximum absolute atomic E-state index is 12.5. The number of likely N-dealkylation sites (tertiary alicyclic amines) is 1. The van der Waals surface area contributed by atoms with Gasteiger partial charge in [-0.1, -0.05) is 6.92 Å². The number of alkyl halides is 3. The van der Waals surface area contributed by atoms with Crippen LogP contribution in [0, 0.1) is 5.92 Å². The fraction of sp³-hybridized carbons (Fsp3) is 0.917. The van der Waals surface area contributed by atoms with Gasteiger partial charge < -0.3 is 4.74 Å². The minimum absolute atomic E-state index is 0.0689. The standard InChI is InChI=1S/C12H20F3NO2/c1-3-10(11(17)18-4-2)16-7-5-9(6-8-16)12(13,14)15/h9-10H,3-8H2,1-2H3. The number of ether oxygens (including phenoxy) is 1. The van der Waals surface area contributed by atoms with Crippen molar-refractivity contribution in [3.8, 4) is 0 Å². The van der Waals surface area contributed by atoms with Gasteiger partial charge in [0.05, 0.1) is 12.5 Å². The Morgan fingerprint density at radius 3 is 2.28 bits per heavy atom. The van der Waals surface area contributed by atoms with E-state index in [0.717, 1.165) is 0 Å². The first-order chi connectivity index (χ1) is 8.40. The van der Waals surface area contributed by atoms with Crippen LogP contribution in [0.3, 0.4) is 0 Å². The van der Waals surface area contributed by atoms with E-state index in [1.165, 1.54) is 0 Å². The molecule has 1 rings (SSSR count). The van der Waals surface area contributed by atoms with Gasteiger partial charge in [0, 0.05) is 0 Å². The lowest BCUT2D eigenvalue weighted by Crippen LogP contribution is -2.47. The zero-order valence-electron chi connectivity index (χ0n) is 10.8. The maximum atomic E-state index is 12.5. The third kappa shape index (κ3) is 3.86. The molecule has 0 bridgehead atoms. The number of esters is 1. The van der Waals surface area contributed by atoms with E-state index in [1.54, 1.807) is 11.8 Å². The highest BCUT2D eigenvalue weighted by atomic mass is 19.4. The van der Waals surface area contributed by atoms with Crippen LogP contribution in [0.1, 0.15) is 33.1 Å². The number of hydrogen-bond donors (Lipinski definition) is 0. The minimum Gasteiger partial charge on any atom is -0.465 e. The molecule has 0 spiro atoms. The Hall–Kier alpha value is -0.780. The second-order valence-corrected chi connectivity index (χ2v) is 4.53. The van der Waals surface area contributed by atoms with Crippen molar-refractivity contribution in [1.29, 1.82) is 0 Å². The summed E-state index contributed by atoms with van der Waals surface area (Å²) in [4.78, 5) is 13.5. The zero-order chi connectivity index (χ0) is 13.8. The average molecular weight is 267 g/mol. The zero-order valence-corrected chi connectivity index (χ0v) is 10.8. The SMILES string of the molecule is CCOC(=O)C(CC)N1CCC(C(F)(F)F)CC1. The Morgan fingerprint density at radius 2 is 1.89 bits per heavy atom. The van der Waals surface area contributed by atoms with Crippen LogP contribution in [0.25, 0.3) is 0 Å². The Morgan fingerprint density at radius 1 is 1.33 bits per heavy atom. The smallest absolute Gasteiger partial charge is 0.391 e. The van der Waals surface area contributed by atoms with Gasteiger partial charge in [0.2, 0.25) is 0 Å². The molecule has 0 aliphatic carbocycles. The molecule has 0 radical (unpaired) electrons. The molecular weight excluding hydrogens is 247 g/mol. The third-order valence-corrected chi connectivity index (χ3v) is 3.38. The quantitative estimate of drug-likeness (QED) is 0.733. The average Bonchev–Trinajstić information content (AvgIpc) is 2.30. The van der Waals surface area contributed by atoms with E-state index < -0.39 is 18.1 Å². The second kappa shape index (κ2) is 6.41. The highest BCUT2D eigenvalue weighted by Gasteiger charge is 2.42. The summed E-state index contributed by atoms with van der Waals surface area (Å²) in [5.74, 6) is -1.56. The van der Waals surface area contributed by atoms with Gasteiger partial charge in [0.1, 0.15) is 6.04 Å². The monoisotopic (exact) mass is 267 g/mol. The Labute approximate surface area is 105 Å². The number of hydrogen-bond acceptors (Lipinski definition) is 3. The lowest BCUT2D eigenvalue weighted by atomic mass is 9.95. The molecule has 0 aromatic heterocycles. The maximum Gasteiger partial charge on any atom is 0.391 e. The summed E-state index contributed by atoms with van der Waals surface area (Å²) in [6.07, 6.45) is -3.41. The van der Waals surface area contributed by atoms with E-state index >= 15 is 0 Å². The number of piperidine rings is 1. The van der Waals surface area contributed by atoms with Crippen LogP contribution in [-0.4, -0.2) is 42.8 Å². The summed E-state index contributed by atoms with van der Waals surface area (Å²) in [7, 11) is 0. The molecular formula is C12H20F3NO2. The highest BCUT2D eigenvalue weighted by molar-refractivity contribution is 5.75. The number of carbonyl (C=O) groups excluding carboxylic acids is 1. The first-order valence-electron chi connectivity index (χ1n) is 6.37. The molecule has 1 saturated heterocycles. The van der Waals surface area contributed by atoms with Gasteiger partial charge in [-0.25, -0.2) is 0 Å². The predicted molar refractivity (Wildman–Crippen MR) is 61.1 cm³/mol. The first kappa shape index (κ1) is 15.3. The lowest BCUT2D eigenvalue weighted by Gasteiger charge is -2.36. The minimum atomic E-state index is -4.11. The summed E-state index contributed by atoms with van der Waals surface area (Å²) < 4.78 is 42.5. The van der Waals surface area contributed by atoms with E-state index in [1.807, 2.05) is 6.92 Å². The van der Waals surface area contributed by atoms with Gasteiger partial charge in [-0.15, -0.1) is 0 Å². The summed E-state index contributed by atoms with van der Waals surface area (Å²) >= 11 is 0. The van der Waals surface area contributed by atoms with Crippen LogP contribution in [-0.2, 0) is 9.53 Å². The highest BCUT2D eigenvalue weighted by Crippen LogP contribution is 2.34. The molecule has 1 aliphatic heterocycles. The molecule has 0 aromatic rings. The Bertz CT molecular complexity index is 273. The molecule has 0 saturated carbocycles. The van der Waals surface area contributed by atoms with Crippen LogP contribution in [0.2, 0.25) is 0 Å². The van der Waals surface area contributed by atoms with Gasteiger partial charge in [-0.2, -0.15) is 13.2 Å². The summed E-state index contributed by atoms with van der Waals surface area (Å²) in [6.45, 7) is 4.48. The predicted octanol–water partition coefficient (Wildman–Crippen LogP) is 2.60. The number of rotatable bonds is 4. The van der Waals surface area contributed by atoms with E-state index in [4.69, 9.17) is 4.74 Å². The van der Waals surface area contributed by atoms with E-state index in [0.29, 0.717) is 26.1 Å². The van der Waals surface area contributed by atoms with Crippen molar-refractivity contribution in [3.05, 3.63) is 0 Å². The van der Waals surface area contributed by atoms with Gasteiger partial charge >= 0.3 is 12.1 Å². The van der Waals surface area contributed by atoms with Crippen molar-refractivity contribution in [2.75, 3.05) is 19.7 Å². The van der Waals surface area contributed by atoms with Crippen molar-refractivity contribution in [2.24, 2.45) is 5.92 Å². The summed E-state index contributed by atoms with van der Waals surface area (Å²) in [5.41, 5.74) is 0. The number of carbonyl (C=O) groups is 1. The topological polar surface area (TPSA) is 29.5 Å². The summed E-state index contributed by atoms with van der Waals surface area (Å²) in [5, 5.41) is 0. The van der Waals surface area contributed by atoms with Crippen molar-refractivity contribution >= 4 is 5.97 Å². The van der Waals surface area contributed by atoms with Crippen molar-refractivity contribution < 1.29 is 22.7 Å². The fourth-order valence-corrected chi connectivity index (χ4v) is 2.35. The molecule has 6 heteroatoms. The fourth-order valence-electron chi connectivity index (χ4n) is 2.35. The van der Waals surface area contributed by atoms with Gasteiger partial charge in [-0.3, -0.25) is 9.69 Å². The van der Waals surface area contributed by atoms with E-state index in [9.17, 15) is 18.0 Å². The van der Waals surface area contributed by atoms with Crippen LogP contribution >= 0.6 is 0 Å². The van der Waals surface area contributed by atoms with E-state index in [2.05, 4.69) is 0 Å². The largest absolute Gasteiger partial charge is 0.465 e. The molecule has 18 heavy (non-hydrogen) atoms. The molecule has 1 atom stereocenters. The molecule has 1 unspecified atom stereocenters. The molecule has 1 fully saturated rings. The summed E-state index contributed by atoms with van der Waals surface area (Å²) in [6, 6.07) is -0.404. The Kier molecular flexibility index (Phi) is 5.44. The molecule has 0 N–H and O–H groups in total. The van der Waals surface area contributed by atoms with Crippen molar-refractivity contribution in [1.82, 2.24) is 4.90 Å². The third-order valence-electron chi connectivity index (χ3n) is 3.38. The number of nitrogens with zero attached hydrogens (tertiary/aromatic N) is 1. The van der Waals surface area contributed by atoms with Gasteiger partial charge in [0.25, 0.3) is 0 Å². The molecule has 3 nitrogen and oxygen atoms in total. The van der Waals surface area contributed by atoms with E-state index in [-0.39, 0.29) is 18.8 Å². The van der Waals surface area contributed by atoms with Crippen molar-refractivity contribution in [3.63, 3.8) is 0 Å². The van der Waals surface area contributed by atoms with Crippen molar-refractivity contribution in [2.45, 2.75) is 45.3 Å². The molecule has 0 amide bonds. The van der Waals surface area contributed by atoms with Crippen LogP contribution < -0.4 is 0 Å². The van der Waals surface area contributed by atoms with Crippen LogP contribution in [0.5, 0.6) is 0 Å². The first-order valence-corrected chi connectivity index (χ1v) is 6.37. The van der Waals surface area contributed by atoms with Gasteiger partial charge in [0.15, 0.2) is 0 Å². The van der Waals surface area contributed by atoms with Crippen LogP contribution in [0.4, 0.5) is 13.2 Å².